The third-order valence-corrected chi connectivity index (χ3v) is 3.76. The number of amides is 2. The minimum Gasteiger partial charge on any atom is -0.481 e. The lowest BCUT2D eigenvalue weighted by Crippen LogP contribution is -2.44. The standard InChI is InChI=1S/C15H28N4O4/c1-18(2)10-12-4-3-9-19(12)11-14(21)17-7-5-13(20)16-8-6-15(22)23/h12H,3-11H2,1-2H3,(H,16,20)(H,17,21)(H,22,23)/i1+1,2+1,5+1,6+1,11+1,13+1,15+1,16+1,17+1. The number of aliphatic carboxylic acids is 1. The van der Waals surface area contributed by atoms with Crippen LogP contribution in [-0.4, -0.2) is 85.6 Å². The molecule has 3 N–H and O–H groups in total. The zero-order valence-electron chi connectivity index (χ0n) is 14.0. The molecule has 2 amide bonds. The quantitative estimate of drug-likeness (QED) is 0.353. The van der Waals surface area contributed by atoms with Gasteiger partial charge in [-0.05, 0) is 33.5 Å². The second-order valence-corrected chi connectivity index (χ2v) is 6.12. The summed E-state index contributed by atoms with van der Waals surface area (Å²) < 4.78 is 0. The first-order chi connectivity index (χ1) is 10.9. The van der Waals surface area contributed by atoms with Crippen molar-refractivity contribution in [2.45, 2.75) is 31.7 Å². The molecule has 0 aromatic rings. The summed E-state index contributed by atoms with van der Waals surface area (Å²) in [4.78, 5) is 38.0. The van der Waals surface area contributed by atoms with Crippen molar-refractivity contribution in [2.75, 3.05) is 46.8 Å². The number of nitrogens with zero attached hydrogens (tertiary/aromatic N) is 2. The Balaban J connectivity index is 2.16. The molecule has 1 saturated heterocycles. The zero-order valence-corrected chi connectivity index (χ0v) is 14.0. The van der Waals surface area contributed by atoms with Crippen molar-refractivity contribution in [1.29, 1.82) is 0 Å². The van der Waals surface area contributed by atoms with Crippen LogP contribution in [0, 0.1) is 0 Å². The van der Waals surface area contributed by atoms with Gasteiger partial charge in [0.05, 0.1) is 13.0 Å². The van der Waals surface area contributed by atoms with E-state index < -0.39 is 5.97 Å². The average molecular weight is 337 g/mol. The lowest BCUT2D eigenvalue weighted by atomic mass is 10.2. The first kappa shape index (κ1) is 19.4. The summed E-state index contributed by atoms with van der Waals surface area (Å²) in [5, 5.41) is 13.7. The number of carboxylic acids is 1. The molecule has 1 rings (SSSR count). The molecule has 1 unspecified atom stereocenters. The maximum Gasteiger partial charge on any atom is 0.305 e. The van der Waals surface area contributed by atoms with Gasteiger partial charge in [0.15, 0.2) is 0 Å². The van der Waals surface area contributed by atoms with E-state index in [2.05, 4.69) is 20.4 Å². The highest BCUT2D eigenvalue weighted by molar-refractivity contribution is 5.80. The van der Waals surface area contributed by atoms with Crippen molar-refractivity contribution in [3.63, 3.8) is 0 Å². The van der Waals surface area contributed by atoms with E-state index in [1.807, 2.05) is 14.1 Å². The molecule has 0 bridgehead atoms. The zero-order chi connectivity index (χ0) is 17.2. The smallest absolute Gasteiger partial charge is 0.305 e. The van der Waals surface area contributed by atoms with Gasteiger partial charge in [-0.1, -0.05) is 0 Å². The molecule has 1 fully saturated rings. The predicted molar refractivity (Wildman–Crippen MR) is 86.0 cm³/mol. The number of carbonyl (C=O) groups excluding carboxylic acids is 2. The Bertz CT molecular complexity index is 414. The molecule has 1 heterocycles. The number of likely N-dealkylation sites (N-methyl/N-ethyl adjacent to an activating group) is 1. The van der Waals surface area contributed by atoms with Crippen molar-refractivity contribution in [2.24, 2.45) is 0 Å². The Morgan fingerprint density at radius 1 is 1.13 bits per heavy atom. The summed E-state index contributed by atoms with van der Waals surface area (Å²) in [6.45, 7) is 2.62. The molecule has 1 aliphatic heterocycles. The van der Waals surface area contributed by atoms with Crippen molar-refractivity contribution in [3.8, 4) is 0 Å². The number of carbonyl (C=O) groups is 3. The molecule has 1 atom stereocenters. The summed E-state index contributed by atoms with van der Waals surface area (Å²) in [5.74, 6) is -1.27. The number of carboxylic acid groups (broad SMARTS) is 1. The minimum atomic E-state index is -0.948. The van der Waals surface area contributed by atoms with Gasteiger partial charge in [0.25, 0.3) is 0 Å². The van der Waals surface area contributed by atoms with Gasteiger partial charge >= 0.3 is 5.97 Å². The molecule has 23 heavy (non-hydrogen) atoms. The number of likely N-dealkylation sites (tertiary alicyclic amines) is 1. The van der Waals surface area contributed by atoms with E-state index in [4.69, 9.17) is 5.11 Å². The molecule has 0 radical (unpaired) electrons. The highest BCUT2D eigenvalue weighted by atomic mass is 16.5. The normalized spacial score (nSPS) is 18.1. The molecule has 0 aromatic heterocycles. The van der Waals surface area contributed by atoms with Gasteiger partial charge < -0.3 is 20.6 Å². The largest absolute Gasteiger partial charge is 0.481 e. The second-order valence-electron chi connectivity index (χ2n) is 6.12. The Morgan fingerprint density at radius 3 is 2.43 bits per heavy atom. The fourth-order valence-electron chi connectivity index (χ4n) is 2.68. The monoisotopic (exact) mass is 337 g/mol. The number of rotatable bonds is 10. The van der Waals surface area contributed by atoms with Crippen LogP contribution in [0.3, 0.4) is 0 Å². The summed E-state index contributed by atoms with van der Waals surface area (Å²) in [6.07, 6.45) is 2.28. The highest BCUT2D eigenvalue weighted by Gasteiger charge is 2.26. The van der Waals surface area contributed by atoms with Crippen LogP contribution < -0.4 is 10.6 Å². The van der Waals surface area contributed by atoms with E-state index in [1.165, 1.54) is 0 Å². The fourth-order valence-corrected chi connectivity index (χ4v) is 2.68. The van der Waals surface area contributed by atoms with Crippen molar-refractivity contribution >= 4 is 17.8 Å². The highest BCUT2D eigenvalue weighted by Crippen LogP contribution is 2.16. The Hall–Kier alpha value is -1.67. The summed E-state index contributed by atoms with van der Waals surface area (Å²) >= 11 is 0. The number of hydrogen-bond acceptors (Lipinski definition) is 5. The van der Waals surface area contributed by atoms with Gasteiger partial charge in [-0.2, -0.15) is 0 Å². The van der Waals surface area contributed by atoms with E-state index in [-0.39, 0.29) is 37.7 Å². The van der Waals surface area contributed by atoms with Gasteiger partial charge in [0.1, 0.15) is 0 Å². The van der Waals surface area contributed by atoms with Crippen LogP contribution in [0.4, 0.5) is 0 Å². The van der Waals surface area contributed by atoms with Crippen molar-refractivity contribution in [3.05, 3.63) is 0 Å². The van der Waals surface area contributed by atoms with E-state index >= 15 is 0 Å². The van der Waals surface area contributed by atoms with Crippen LogP contribution in [0.2, 0.25) is 0 Å². The van der Waals surface area contributed by atoms with E-state index in [9.17, 15) is 14.4 Å². The molecule has 0 aliphatic carbocycles. The predicted octanol–water partition coefficient (Wildman–Crippen LogP) is -0.890. The number of nitrogens with one attached hydrogen (secondary N) is 2. The Morgan fingerprint density at radius 2 is 1.78 bits per heavy atom. The molecule has 1 aliphatic rings. The average Bonchev–Trinajstić information content (AvgIpc) is 2.84. The minimum absolute atomic E-state index is 0.0750. The van der Waals surface area contributed by atoms with Gasteiger partial charge in [-0.3, -0.25) is 19.3 Å². The summed E-state index contributed by atoms with van der Waals surface area (Å²) in [6, 6.07) is 0.412. The SMILES string of the molecule is [13CH3]N([13CH3])CC1CCCN1[13CH2]C(=O)[15NH]C[13CH2][13C](=O)[15NH]C[13CH2][13C](=O)O. The fraction of sp³-hybridized carbons (Fsp3) is 0.800. The third-order valence-electron chi connectivity index (χ3n) is 3.76. The van der Waals surface area contributed by atoms with Crippen LogP contribution in [0.15, 0.2) is 0 Å². The first-order valence-corrected chi connectivity index (χ1v) is 8.02. The van der Waals surface area contributed by atoms with Gasteiger partial charge in [-0.25, -0.2) is 0 Å². The van der Waals surface area contributed by atoms with Gasteiger partial charge in [0, 0.05) is 32.1 Å². The molecule has 0 spiro atoms. The molecule has 0 aromatic carbocycles. The molecule has 8 heteroatoms. The van der Waals surface area contributed by atoms with Gasteiger partial charge in [-0.15, -0.1) is 0 Å². The van der Waals surface area contributed by atoms with Crippen LogP contribution in [0.5, 0.6) is 0 Å². The lowest BCUT2D eigenvalue weighted by molar-refractivity contribution is -0.137. The molecule has 132 valence electrons. The molecule has 8 nitrogen and oxygen atoms in total. The van der Waals surface area contributed by atoms with Crippen LogP contribution in [-0.2, 0) is 14.4 Å². The van der Waals surface area contributed by atoms with E-state index in [0.717, 1.165) is 25.9 Å². The lowest BCUT2D eigenvalue weighted by Gasteiger charge is -2.26. The van der Waals surface area contributed by atoms with Crippen LogP contribution in [0.1, 0.15) is 25.7 Å². The van der Waals surface area contributed by atoms with Gasteiger partial charge in [0.2, 0.25) is 11.8 Å². The Labute approximate surface area is 137 Å². The maximum absolute atomic E-state index is 11.9. The third kappa shape index (κ3) is 8.51. The van der Waals surface area contributed by atoms with Crippen molar-refractivity contribution < 1.29 is 19.5 Å². The van der Waals surface area contributed by atoms with Crippen LogP contribution in [0.25, 0.3) is 0 Å². The molecule has 0 saturated carbocycles. The second kappa shape index (κ2) is 10.2. The summed E-state index contributed by atoms with van der Waals surface area (Å²) in [5.41, 5.74) is 0. The topological polar surface area (TPSA) is 102 Å². The molecular weight excluding hydrogens is 309 g/mol. The van der Waals surface area contributed by atoms with Crippen molar-refractivity contribution in [1.82, 2.24) is 20.4 Å². The van der Waals surface area contributed by atoms with Crippen LogP contribution >= 0.6 is 0 Å². The number of hydrogen-bond donors (Lipinski definition) is 3. The maximum atomic E-state index is 11.9. The first-order valence-electron chi connectivity index (χ1n) is 8.02. The Kier molecular flexibility index (Phi) is 8.57. The summed E-state index contributed by atoms with van der Waals surface area (Å²) in [7, 11) is 4.05. The van der Waals surface area contributed by atoms with E-state index in [0.29, 0.717) is 12.6 Å². The molecular formula is C15H28N4O4. The van der Waals surface area contributed by atoms with E-state index in [1.54, 1.807) is 0 Å².